The minimum atomic E-state index is -0.0820. The van der Waals surface area contributed by atoms with Gasteiger partial charge in [0, 0.05) is 45.1 Å². The molecule has 2 fully saturated rings. The topological polar surface area (TPSA) is 69.1 Å². The summed E-state index contributed by atoms with van der Waals surface area (Å²) in [5, 5.41) is 16.0. The lowest BCUT2D eigenvalue weighted by Gasteiger charge is -2.32. The molecule has 156 valence electrons. The summed E-state index contributed by atoms with van der Waals surface area (Å²) in [6.45, 7) is 9.75. The minimum Gasteiger partial charge on any atom is -0.396 e. The molecule has 2 heterocycles. The highest BCUT2D eigenvalue weighted by Crippen LogP contribution is 2.24. The molecule has 28 heavy (non-hydrogen) atoms. The third-order valence-corrected chi connectivity index (χ3v) is 5.87. The average Bonchev–Trinajstić information content (AvgIpc) is 3.17. The van der Waals surface area contributed by atoms with Crippen LogP contribution in [0.15, 0.2) is 29.3 Å². The number of piperidine rings is 1. The largest absolute Gasteiger partial charge is 0.396 e. The van der Waals surface area contributed by atoms with Crippen LogP contribution in [-0.2, 0) is 11.3 Å². The number of rotatable bonds is 7. The van der Waals surface area contributed by atoms with E-state index in [1.807, 2.05) is 0 Å². The van der Waals surface area contributed by atoms with Gasteiger partial charge < -0.3 is 25.4 Å². The molecule has 0 aromatic heterocycles. The Balaban J connectivity index is 1.52. The monoisotopic (exact) mass is 388 g/mol. The fourth-order valence-electron chi connectivity index (χ4n) is 3.94. The number of anilines is 1. The van der Waals surface area contributed by atoms with Gasteiger partial charge in [-0.3, -0.25) is 0 Å². The van der Waals surface area contributed by atoms with Crippen LogP contribution in [-0.4, -0.2) is 56.1 Å². The molecule has 1 atom stereocenters. The molecule has 0 aliphatic carbocycles. The lowest BCUT2D eigenvalue weighted by atomic mass is 9.97. The third-order valence-electron chi connectivity index (χ3n) is 5.87. The maximum Gasteiger partial charge on any atom is 0.191 e. The van der Waals surface area contributed by atoms with Crippen LogP contribution >= 0.6 is 0 Å². The first-order valence-corrected chi connectivity index (χ1v) is 10.7. The van der Waals surface area contributed by atoms with Crippen LogP contribution in [0.2, 0.25) is 0 Å². The van der Waals surface area contributed by atoms with E-state index < -0.39 is 0 Å². The number of aliphatic imine (C=N–C) groups is 1. The zero-order valence-electron chi connectivity index (χ0n) is 17.4. The first-order valence-electron chi connectivity index (χ1n) is 10.7. The highest BCUT2D eigenvalue weighted by molar-refractivity contribution is 5.79. The van der Waals surface area contributed by atoms with E-state index in [2.05, 4.69) is 53.6 Å². The molecular weight excluding hydrogens is 352 g/mol. The summed E-state index contributed by atoms with van der Waals surface area (Å²) in [7, 11) is 0. The molecule has 2 aliphatic heterocycles. The summed E-state index contributed by atoms with van der Waals surface area (Å²) in [4.78, 5) is 7.15. The van der Waals surface area contributed by atoms with E-state index in [0.29, 0.717) is 19.1 Å². The second kappa shape index (κ2) is 10.1. The molecule has 0 saturated carbocycles. The Morgan fingerprint density at radius 2 is 2.00 bits per heavy atom. The fraction of sp³-hybridized carbons (Fsp3) is 0.682. The molecule has 0 bridgehead atoms. The van der Waals surface area contributed by atoms with E-state index in [1.54, 1.807) is 0 Å². The van der Waals surface area contributed by atoms with Gasteiger partial charge in [-0.1, -0.05) is 12.1 Å². The van der Waals surface area contributed by atoms with Crippen molar-refractivity contribution in [2.75, 3.05) is 44.3 Å². The maximum atomic E-state index is 9.29. The van der Waals surface area contributed by atoms with Crippen molar-refractivity contribution in [1.82, 2.24) is 10.6 Å². The summed E-state index contributed by atoms with van der Waals surface area (Å²) in [6, 6.07) is 8.72. The van der Waals surface area contributed by atoms with Gasteiger partial charge in [0.1, 0.15) is 0 Å². The zero-order chi connectivity index (χ0) is 19.8. The van der Waals surface area contributed by atoms with E-state index in [-0.39, 0.29) is 5.60 Å². The van der Waals surface area contributed by atoms with Gasteiger partial charge in [-0.15, -0.1) is 0 Å². The van der Waals surface area contributed by atoms with Crippen molar-refractivity contribution < 1.29 is 9.84 Å². The van der Waals surface area contributed by atoms with Crippen molar-refractivity contribution in [2.45, 2.75) is 51.7 Å². The predicted molar refractivity (Wildman–Crippen MR) is 115 cm³/mol. The molecule has 3 rings (SSSR count). The average molecular weight is 389 g/mol. The Morgan fingerprint density at radius 1 is 1.25 bits per heavy atom. The standard InChI is InChI=1S/C22H36N4O2/c1-3-23-21(25-17-22(2)11-4-14-28-22)24-15-18-5-7-20(8-6-18)26-12-9-19(16-27)10-13-26/h5-8,19,27H,3-4,9-17H2,1-2H3,(H2,23,24,25). The zero-order valence-corrected chi connectivity index (χ0v) is 17.4. The molecule has 1 aromatic rings. The van der Waals surface area contributed by atoms with Crippen molar-refractivity contribution >= 4 is 11.6 Å². The molecule has 2 aliphatic rings. The fourth-order valence-corrected chi connectivity index (χ4v) is 3.94. The first kappa shape index (κ1) is 20.9. The summed E-state index contributed by atoms with van der Waals surface area (Å²) in [6.07, 6.45) is 4.37. The molecule has 0 amide bonds. The second-order valence-electron chi connectivity index (χ2n) is 8.23. The molecule has 0 radical (unpaired) electrons. The van der Waals surface area contributed by atoms with Crippen LogP contribution in [0.5, 0.6) is 0 Å². The number of aliphatic hydroxyl groups is 1. The quantitative estimate of drug-likeness (QED) is 0.495. The van der Waals surface area contributed by atoms with Gasteiger partial charge in [0.15, 0.2) is 5.96 Å². The molecule has 1 aromatic carbocycles. The van der Waals surface area contributed by atoms with Crippen molar-refractivity contribution in [3.63, 3.8) is 0 Å². The van der Waals surface area contributed by atoms with Gasteiger partial charge in [-0.2, -0.15) is 0 Å². The van der Waals surface area contributed by atoms with Crippen molar-refractivity contribution in [1.29, 1.82) is 0 Å². The number of hydrogen-bond acceptors (Lipinski definition) is 4. The Morgan fingerprint density at radius 3 is 2.61 bits per heavy atom. The Bertz CT molecular complexity index is 618. The lowest BCUT2D eigenvalue weighted by molar-refractivity contribution is 0.0243. The number of nitrogens with zero attached hydrogens (tertiary/aromatic N) is 2. The molecule has 3 N–H and O–H groups in total. The number of ether oxygens (including phenoxy) is 1. The molecule has 6 nitrogen and oxygen atoms in total. The van der Waals surface area contributed by atoms with Crippen LogP contribution in [0.25, 0.3) is 0 Å². The number of aliphatic hydroxyl groups excluding tert-OH is 1. The molecule has 0 spiro atoms. The van der Waals surface area contributed by atoms with E-state index in [4.69, 9.17) is 9.73 Å². The van der Waals surface area contributed by atoms with Gasteiger partial charge in [0.25, 0.3) is 0 Å². The van der Waals surface area contributed by atoms with E-state index in [0.717, 1.165) is 64.4 Å². The Kier molecular flexibility index (Phi) is 7.57. The van der Waals surface area contributed by atoms with Gasteiger partial charge in [-0.25, -0.2) is 4.99 Å². The SMILES string of the molecule is CCNC(=NCc1ccc(N2CCC(CO)CC2)cc1)NCC1(C)CCCO1. The molecule has 6 heteroatoms. The van der Waals surface area contributed by atoms with Gasteiger partial charge in [0.05, 0.1) is 12.1 Å². The highest BCUT2D eigenvalue weighted by Gasteiger charge is 2.29. The van der Waals surface area contributed by atoms with Crippen LogP contribution in [0.4, 0.5) is 5.69 Å². The van der Waals surface area contributed by atoms with E-state index >= 15 is 0 Å². The summed E-state index contributed by atoms with van der Waals surface area (Å²) >= 11 is 0. The van der Waals surface area contributed by atoms with Gasteiger partial charge in [0.2, 0.25) is 0 Å². The smallest absolute Gasteiger partial charge is 0.191 e. The highest BCUT2D eigenvalue weighted by atomic mass is 16.5. The minimum absolute atomic E-state index is 0.0820. The van der Waals surface area contributed by atoms with E-state index in [1.165, 1.54) is 11.3 Å². The maximum absolute atomic E-state index is 9.29. The molecular formula is C22H36N4O2. The summed E-state index contributed by atoms with van der Waals surface area (Å²) in [5.41, 5.74) is 2.39. The third kappa shape index (κ3) is 5.85. The van der Waals surface area contributed by atoms with Crippen LogP contribution in [0.1, 0.15) is 45.1 Å². The Hall–Kier alpha value is -1.79. The number of guanidine groups is 1. The van der Waals surface area contributed by atoms with Gasteiger partial charge in [-0.05, 0) is 63.1 Å². The van der Waals surface area contributed by atoms with Crippen LogP contribution < -0.4 is 15.5 Å². The van der Waals surface area contributed by atoms with Crippen LogP contribution in [0.3, 0.4) is 0 Å². The Labute approximate surface area is 169 Å². The lowest BCUT2D eigenvalue weighted by Crippen LogP contribution is -2.45. The van der Waals surface area contributed by atoms with Gasteiger partial charge >= 0.3 is 0 Å². The first-order chi connectivity index (χ1) is 13.6. The van der Waals surface area contributed by atoms with Crippen molar-refractivity contribution in [3.8, 4) is 0 Å². The number of hydrogen-bond donors (Lipinski definition) is 3. The number of benzene rings is 1. The summed E-state index contributed by atoms with van der Waals surface area (Å²) < 4.78 is 5.85. The molecule has 2 saturated heterocycles. The van der Waals surface area contributed by atoms with Crippen molar-refractivity contribution in [3.05, 3.63) is 29.8 Å². The number of nitrogens with one attached hydrogen (secondary N) is 2. The molecule has 1 unspecified atom stereocenters. The summed E-state index contributed by atoms with van der Waals surface area (Å²) in [5.74, 6) is 1.31. The van der Waals surface area contributed by atoms with Crippen molar-refractivity contribution in [2.24, 2.45) is 10.9 Å². The normalized spacial score (nSPS) is 23.8. The van der Waals surface area contributed by atoms with E-state index in [9.17, 15) is 5.11 Å². The van der Waals surface area contributed by atoms with Crippen LogP contribution in [0, 0.1) is 5.92 Å². The predicted octanol–water partition coefficient (Wildman–Crippen LogP) is 2.52. The second-order valence-corrected chi connectivity index (χ2v) is 8.23.